The van der Waals surface area contributed by atoms with Crippen LogP contribution in [0.2, 0.25) is 0 Å². The summed E-state index contributed by atoms with van der Waals surface area (Å²) in [6.45, 7) is 13.8. The molecule has 0 aromatic heterocycles. The van der Waals surface area contributed by atoms with Crippen LogP contribution in [0.3, 0.4) is 0 Å². The lowest BCUT2D eigenvalue weighted by atomic mass is 10.00. The van der Waals surface area contributed by atoms with E-state index in [1.807, 2.05) is 0 Å². The Balaban J connectivity index is 5.25. The molecule has 0 aliphatic carbocycles. The predicted molar refractivity (Wildman–Crippen MR) is 317 cm³/mol. The number of aliphatic hydroxyl groups is 1. The van der Waals surface area contributed by atoms with Gasteiger partial charge in [0.1, 0.15) is 19.3 Å². The van der Waals surface area contributed by atoms with E-state index in [4.69, 9.17) is 37.0 Å². The smallest absolute Gasteiger partial charge is 0.462 e. The quantitative estimate of drug-likeness (QED) is 0.0222. The Kier molecular flexibility index (Phi) is 50.2. The number of hydrogen-bond acceptors (Lipinski definition) is 15. The molecular formula is C61H118O17P2. The van der Waals surface area contributed by atoms with Crippen LogP contribution in [0.5, 0.6) is 0 Å². The van der Waals surface area contributed by atoms with Crippen molar-refractivity contribution in [3.8, 4) is 0 Å². The highest BCUT2D eigenvalue weighted by molar-refractivity contribution is 7.47. The maximum atomic E-state index is 12.9. The van der Waals surface area contributed by atoms with Gasteiger partial charge < -0.3 is 33.8 Å². The maximum absolute atomic E-state index is 12.9. The SMILES string of the molecule is CCC(C)CCCCCCCCC(=O)OC[C@H](COP(=O)(O)OC[C@H](O)COP(=O)(O)OC[C@@H](COC(=O)CCCCCCCCCCC(C)C)OC(=O)CCCCCCCCC(C)C)OC(=O)CCCCCCCCC(C)CC. The number of aliphatic hydroxyl groups excluding tert-OH is 1. The summed E-state index contributed by atoms with van der Waals surface area (Å²) in [5.74, 6) is 0.696. The second kappa shape index (κ2) is 51.5. The van der Waals surface area contributed by atoms with Crippen molar-refractivity contribution in [2.24, 2.45) is 23.7 Å². The van der Waals surface area contributed by atoms with Gasteiger partial charge in [-0.3, -0.25) is 37.3 Å². The first-order valence-corrected chi connectivity index (χ1v) is 34.8. The molecule has 0 spiro atoms. The van der Waals surface area contributed by atoms with Crippen LogP contribution in [-0.4, -0.2) is 96.7 Å². The minimum absolute atomic E-state index is 0.101. The fourth-order valence-corrected chi connectivity index (χ4v) is 10.4. The van der Waals surface area contributed by atoms with E-state index in [9.17, 15) is 43.2 Å². The molecule has 0 heterocycles. The number of phosphoric acid groups is 2. The van der Waals surface area contributed by atoms with E-state index < -0.39 is 97.5 Å². The van der Waals surface area contributed by atoms with Crippen LogP contribution in [-0.2, 0) is 65.4 Å². The molecule has 19 heteroatoms. The number of phosphoric ester groups is 2. The minimum Gasteiger partial charge on any atom is -0.462 e. The normalized spacial score (nSPS) is 15.2. The molecule has 0 radical (unpaired) electrons. The van der Waals surface area contributed by atoms with E-state index in [0.29, 0.717) is 31.6 Å². The summed E-state index contributed by atoms with van der Waals surface area (Å²) >= 11 is 0. The summed E-state index contributed by atoms with van der Waals surface area (Å²) in [5.41, 5.74) is 0. The highest BCUT2D eigenvalue weighted by Gasteiger charge is 2.30. The number of carbonyl (C=O) groups excluding carboxylic acids is 4. The molecular weight excluding hydrogens is 1070 g/mol. The second-order valence-corrected chi connectivity index (χ2v) is 26.4. The molecule has 17 nitrogen and oxygen atoms in total. The van der Waals surface area contributed by atoms with Gasteiger partial charge >= 0.3 is 39.5 Å². The van der Waals surface area contributed by atoms with E-state index in [-0.39, 0.29) is 25.7 Å². The van der Waals surface area contributed by atoms with Crippen LogP contribution in [0.15, 0.2) is 0 Å². The van der Waals surface area contributed by atoms with Crippen LogP contribution in [0.25, 0.3) is 0 Å². The molecule has 3 N–H and O–H groups in total. The first-order chi connectivity index (χ1) is 38.2. The Bertz CT molecular complexity index is 1610. The average Bonchev–Trinajstić information content (AvgIpc) is 3.41. The topological polar surface area (TPSA) is 237 Å². The van der Waals surface area contributed by atoms with Crippen molar-refractivity contribution in [3.63, 3.8) is 0 Å². The maximum Gasteiger partial charge on any atom is 0.472 e. The molecule has 7 atom stereocenters. The number of rotatable bonds is 58. The lowest BCUT2D eigenvalue weighted by Gasteiger charge is -2.21. The zero-order valence-electron chi connectivity index (χ0n) is 51.7. The number of ether oxygens (including phenoxy) is 4. The van der Waals surface area contributed by atoms with E-state index >= 15 is 0 Å². The molecule has 474 valence electrons. The molecule has 0 saturated carbocycles. The van der Waals surface area contributed by atoms with Gasteiger partial charge in [-0.2, -0.15) is 0 Å². The molecule has 0 aliphatic rings. The summed E-state index contributed by atoms with van der Waals surface area (Å²) in [6, 6.07) is 0. The summed E-state index contributed by atoms with van der Waals surface area (Å²) < 4.78 is 67.8. The van der Waals surface area contributed by atoms with Crippen molar-refractivity contribution >= 4 is 39.5 Å². The Labute approximate surface area is 486 Å². The number of hydrogen-bond donors (Lipinski definition) is 3. The molecule has 4 unspecified atom stereocenters. The Morgan fingerprint density at radius 2 is 0.600 bits per heavy atom. The van der Waals surface area contributed by atoms with Crippen LogP contribution in [0, 0.1) is 23.7 Å². The molecule has 0 amide bonds. The summed E-state index contributed by atoms with van der Waals surface area (Å²) in [6.07, 6.45) is 29.6. The fourth-order valence-electron chi connectivity index (χ4n) is 8.83. The van der Waals surface area contributed by atoms with Crippen LogP contribution in [0.4, 0.5) is 0 Å². The van der Waals surface area contributed by atoms with Gasteiger partial charge in [0.25, 0.3) is 0 Å². The number of esters is 4. The van der Waals surface area contributed by atoms with Gasteiger partial charge in [-0.15, -0.1) is 0 Å². The Morgan fingerprint density at radius 3 is 0.887 bits per heavy atom. The molecule has 0 aromatic carbocycles. The van der Waals surface area contributed by atoms with Gasteiger partial charge in [0, 0.05) is 25.7 Å². The minimum atomic E-state index is -4.94. The largest absolute Gasteiger partial charge is 0.472 e. The number of carbonyl (C=O) groups is 4. The zero-order valence-corrected chi connectivity index (χ0v) is 53.5. The van der Waals surface area contributed by atoms with Crippen LogP contribution in [0.1, 0.15) is 287 Å². The highest BCUT2D eigenvalue weighted by atomic mass is 31.2. The third kappa shape index (κ3) is 52.8. The lowest BCUT2D eigenvalue weighted by Crippen LogP contribution is -2.30. The molecule has 0 fully saturated rings. The molecule has 0 aromatic rings. The third-order valence-electron chi connectivity index (χ3n) is 14.5. The van der Waals surface area contributed by atoms with Crippen LogP contribution >= 0.6 is 15.6 Å². The van der Waals surface area contributed by atoms with Crippen molar-refractivity contribution in [2.45, 2.75) is 305 Å². The van der Waals surface area contributed by atoms with Crippen LogP contribution < -0.4 is 0 Å². The summed E-state index contributed by atoms with van der Waals surface area (Å²) in [5, 5.41) is 10.5. The standard InChI is InChI=1S/C61H118O17P2/c1-9-53(7)39-31-23-16-19-26-34-42-59(64)72-48-57(78-61(66)44-36-28-20-17-24-32-40-54(8)10-2)50-76-80(69,70)74-46-55(62)45-73-79(67,68)75-49-56(77-60(65)43-35-27-18-15-22-30-38-52(5)6)47-71-58(63)41-33-25-14-12-11-13-21-29-37-51(3)4/h51-57,62H,9-50H2,1-8H3,(H,67,68)(H,69,70)/t53?,54?,55-,56-,57-/m1/s1. The molecule has 80 heavy (non-hydrogen) atoms. The molecule has 0 rings (SSSR count). The monoisotopic (exact) mass is 1180 g/mol. The Morgan fingerprint density at radius 1 is 0.350 bits per heavy atom. The van der Waals surface area contributed by atoms with Crippen molar-refractivity contribution in [1.82, 2.24) is 0 Å². The van der Waals surface area contributed by atoms with E-state index in [1.54, 1.807) is 0 Å². The van der Waals surface area contributed by atoms with Gasteiger partial charge in [0.05, 0.1) is 26.4 Å². The van der Waals surface area contributed by atoms with Gasteiger partial charge in [-0.05, 0) is 49.4 Å². The fraction of sp³-hybridized carbons (Fsp3) is 0.934. The average molecular weight is 1190 g/mol. The molecule has 0 bridgehead atoms. The highest BCUT2D eigenvalue weighted by Crippen LogP contribution is 2.45. The van der Waals surface area contributed by atoms with Crippen molar-refractivity contribution < 1.29 is 80.2 Å². The van der Waals surface area contributed by atoms with E-state index in [0.717, 1.165) is 114 Å². The van der Waals surface area contributed by atoms with E-state index in [1.165, 1.54) is 83.5 Å². The first kappa shape index (κ1) is 78.1. The Hall–Kier alpha value is -1.94. The molecule has 0 saturated heterocycles. The van der Waals surface area contributed by atoms with Gasteiger partial charge in [0.2, 0.25) is 0 Å². The second-order valence-electron chi connectivity index (χ2n) is 23.5. The summed E-state index contributed by atoms with van der Waals surface area (Å²) in [7, 11) is -9.88. The summed E-state index contributed by atoms with van der Waals surface area (Å²) in [4.78, 5) is 72.0. The lowest BCUT2D eigenvalue weighted by molar-refractivity contribution is -0.161. The number of unbranched alkanes of at least 4 members (excludes halogenated alkanes) is 22. The van der Waals surface area contributed by atoms with Gasteiger partial charge in [0.15, 0.2) is 12.2 Å². The van der Waals surface area contributed by atoms with Crippen molar-refractivity contribution in [3.05, 3.63) is 0 Å². The first-order valence-electron chi connectivity index (χ1n) is 31.8. The van der Waals surface area contributed by atoms with Crippen molar-refractivity contribution in [1.29, 1.82) is 0 Å². The van der Waals surface area contributed by atoms with Gasteiger partial charge in [-0.1, -0.05) is 235 Å². The third-order valence-corrected chi connectivity index (χ3v) is 16.4. The molecule has 0 aliphatic heterocycles. The zero-order chi connectivity index (χ0) is 59.7. The predicted octanol–water partition coefficient (Wildman–Crippen LogP) is 16.2. The van der Waals surface area contributed by atoms with E-state index in [2.05, 4.69) is 55.4 Å². The van der Waals surface area contributed by atoms with Crippen molar-refractivity contribution in [2.75, 3.05) is 39.6 Å². The van der Waals surface area contributed by atoms with Gasteiger partial charge in [-0.25, -0.2) is 9.13 Å².